The van der Waals surface area contributed by atoms with Gasteiger partial charge < -0.3 is 29.6 Å². The van der Waals surface area contributed by atoms with Gasteiger partial charge in [0.1, 0.15) is 17.6 Å². The van der Waals surface area contributed by atoms with Crippen LogP contribution in [0.1, 0.15) is 72.1 Å². The quantitative estimate of drug-likeness (QED) is 0.305. The number of esters is 1. The molecule has 10 heteroatoms. The summed E-state index contributed by atoms with van der Waals surface area (Å²) in [6.07, 6.45) is 2.36. The van der Waals surface area contributed by atoms with E-state index in [9.17, 15) is 14.4 Å². The van der Waals surface area contributed by atoms with Crippen LogP contribution in [0, 0.1) is 6.92 Å². The average Bonchev–Trinajstić information content (AvgIpc) is 3.61. The van der Waals surface area contributed by atoms with Crippen LogP contribution in [0.5, 0.6) is 5.75 Å². The lowest BCUT2D eigenvalue weighted by Gasteiger charge is -2.18. The van der Waals surface area contributed by atoms with E-state index >= 15 is 0 Å². The number of hydrogen-bond donors (Lipinski definition) is 2. The number of carbonyl (C=O) groups is 3. The van der Waals surface area contributed by atoms with Crippen molar-refractivity contribution in [2.45, 2.75) is 65.0 Å². The zero-order valence-electron chi connectivity index (χ0n) is 23.7. The summed E-state index contributed by atoms with van der Waals surface area (Å²) in [5.74, 6) is 0.149. The van der Waals surface area contributed by atoms with Gasteiger partial charge in [-0.2, -0.15) is 0 Å². The molecule has 3 aromatic rings. The molecule has 4 rings (SSSR count). The van der Waals surface area contributed by atoms with Crippen molar-refractivity contribution >= 4 is 17.8 Å². The molecule has 2 heterocycles. The molecule has 1 fully saturated rings. The molecule has 0 saturated carbocycles. The number of aryl methyl sites for hydroxylation is 2. The van der Waals surface area contributed by atoms with Crippen LogP contribution in [0.2, 0.25) is 0 Å². The number of carbonyl (C=O) groups excluding carboxylic acids is 2. The minimum absolute atomic E-state index is 0.0475. The summed E-state index contributed by atoms with van der Waals surface area (Å²) in [6.45, 7) is 7.20. The first-order valence-corrected chi connectivity index (χ1v) is 13.9. The van der Waals surface area contributed by atoms with E-state index in [2.05, 4.69) is 4.98 Å². The van der Waals surface area contributed by atoms with Crippen LogP contribution in [0.15, 0.2) is 46.9 Å². The third kappa shape index (κ3) is 7.73. The van der Waals surface area contributed by atoms with Crippen molar-refractivity contribution in [3.8, 4) is 17.2 Å². The van der Waals surface area contributed by atoms with Crippen molar-refractivity contribution in [3.05, 3.63) is 70.6 Å². The van der Waals surface area contributed by atoms with E-state index in [-0.39, 0.29) is 31.5 Å². The van der Waals surface area contributed by atoms with Crippen molar-refractivity contribution in [1.82, 2.24) is 9.88 Å². The highest BCUT2D eigenvalue weighted by molar-refractivity contribution is 5.94. The Kier molecular flexibility index (Phi) is 9.78. The second kappa shape index (κ2) is 13.5. The number of aromatic nitrogens is 1. The molecule has 1 unspecified atom stereocenters. The maximum absolute atomic E-state index is 12.6. The number of aliphatic carboxylic acids is 1. The van der Waals surface area contributed by atoms with E-state index in [0.29, 0.717) is 40.5 Å². The average molecular weight is 564 g/mol. The van der Waals surface area contributed by atoms with Crippen molar-refractivity contribution in [2.24, 2.45) is 5.73 Å². The molecule has 1 amide bonds. The second-order valence-electron chi connectivity index (χ2n) is 10.4. The van der Waals surface area contributed by atoms with Gasteiger partial charge in [-0.05, 0) is 87.6 Å². The number of hydrogen-bond acceptors (Lipinski definition) is 8. The van der Waals surface area contributed by atoms with Gasteiger partial charge in [-0.25, -0.2) is 9.78 Å². The summed E-state index contributed by atoms with van der Waals surface area (Å²) in [5, 5.41) is 9.11. The molecule has 1 aliphatic heterocycles. The highest BCUT2D eigenvalue weighted by Crippen LogP contribution is 2.27. The van der Waals surface area contributed by atoms with Crippen molar-refractivity contribution in [2.75, 3.05) is 19.7 Å². The van der Waals surface area contributed by atoms with Gasteiger partial charge in [-0.1, -0.05) is 6.07 Å². The van der Waals surface area contributed by atoms with Crippen LogP contribution >= 0.6 is 0 Å². The second-order valence-corrected chi connectivity index (χ2v) is 10.4. The topological polar surface area (TPSA) is 145 Å². The fourth-order valence-electron chi connectivity index (χ4n) is 4.76. The summed E-state index contributed by atoms with van der Waals surface area (Å²) in [4.78, 5) is 42.7. The minimum atomic E-state index is -1.07. The third-order valence-corrected chi connectivity index (χ3v) is 6.94. The Balaban J connectivity index is 1.41. The Morgan fingerprint density at radius 2 is 1.78 bits per heavy atom. The molecule has 0 aliphatic carbocycles. The number of benzene rings is 2. The van der Waals surface area contributed by atoms with E-state index in [1.54, 1.807) is 44.2 Å². The number of carboxylic acids is 1. The highest BCUT2D eigenvalue weighted by atomic mass is 16.5. The Hall–Kier alpha value is -4.18. The molecule has 1 saturated heterocycles. The first kappa shape index (κ1) is 29.8. The van der Waals surface area contributed by atoms with E-state index < -0.39 is 18.0 Å². The maximum Gasteiger partial charge on any atom is 0.327 e. The number of oxazole rings is 1. The highest BCUT2D eigenvalue weighted by Gasteiger charge is 2.23. The summed E-state index contributed by atoms with van der Waals surface area (Å²) >= 11 is 0. The number of likely N-dealkylation sites (tertiary alicyclic amines) is 1. The van der Waals surface area contributed by atoms with Gasteiger partial charge in [0.2, 0.25) is 5.89 Å². The monoisotopic (exact) mass is 563 g/mol. The van der Waals surface area contributed by atoms with E-state index in [0.717, 1.165) is 37.2 Å². The van der Waals surface area contributed by atoms with Crippen LogP contribution < -0.4 is 10.5 Å². The number of nitrogens with zero attached hydrogens (tertiary/aromatic N) is 2. The molecular weight excluding hydrogens is 526 g/mol. The Labute approximate surface area is 239 Å². The molecule has 1 atom stereocenters. The first-order chi connectivity index (χ1) is 19.6. The Bertz CT molecular complexity index is 1370. The van der Waals surface area contributed by atoms with Crippen LogP contribution in [-0.2, 0) is 27.2 Å². The predicted octanol–water partition coefficient (Wildman–Crippen LogP) is 4.48. The molecule has 218 valence electrons. The number of nitrogens with two attached hydrogens (primary N) is 1. The molecule has 0 spiro atoms. The molecule has 1 aromatic heterocycles. The zero-order chi connectivity index (χ0) is 29.5. The summed E-state index contributed by atoms with van der Waals surface area (Å²) in [7, 11) is 0. The number of carboxylic acid groups (broad SMARTS) is 1. The predicted molar refractivity (Wildman–Crippen MR) is 152 cm³/mol. The van der Waals surface area contributed by atoms with Gasteiger partial charge in [-0.3, -0.25) is 9.59 Å². The Morgan fingerprint density at radius 1 is 1.07 bits per heavy atom. The number of ether oxygens (including phenoxy) is 2. The van der Waals surface area contributed by atoms with Crippen LogP contribution in [0.4, 0.5) is 0 Å². The molecule has 0 radical (unpaired) electrons. The Morgan fingerprint density at radius 3 is 2.44 bits per heavy atom. The number of rotatable bonds is 12. The smallest absolute Gasteiger partial charge is 0.327 e. The largest absolute Gasteiger partial charge is 0.493 e. The van der Waals surface area contributed by atoms with Crippen molar-refractivity contribution < 1.29 is 33.4 Å². The normalized spacial score (nSPS) is 13.8. The third-order valence-electron chi connectivity index (χ3n) is 6.94. The summed E-state index contributed by atoms with van der Waals surface area (Å²) < 4.78 is 17.1. The van der Waals surface area contributed by atoms with Crippen LogP contribution in [0.25, 0.3) is 11.5 Å². The van der Waals surface area contributed by atoms with Gasteiger partial charge in [-0.15, -0.1) is 0 Å². The van der Waals surface area contributed by atoms with E-state index in [1.807, 2.05) is 24.0 Å². The standard InChI is InChI=1S/C31H37N3O7/c1-19(2)40-31(38)28(32)25-18-24(12-10-21(25)11-13-27(35)36)39-17-14-26-20(3)41-29(33-26)22-6-8-23(9-7-22)30(37)34-15-4-5-16-34/h6-10,12,18-19,28H,4-5,11,13-17,32H2,1-3H3,(H,35,36). The minimum Gasteiger partial charge on any atom is -0.493 e. The van der Waals surface area contributed by atoms with Gasteiger partial charge in [0.05, 0.1) is 18.4 Å². The van der Waals surface area contributed by atoms with Crippen molar-refractivity contribution in [3.63, 3.8) is 0 Å². The molecule has 1 aliphatic rings. The van der Waals surface area contributed by atoms with Gasteiger partial charge in [0, 0.05) is 37.1 Å². The van der Waals surface area contributed by atoms with Crippen molar-refractivity contribution in [1.29, 1.82) is 0 Å². The van der Waals surface area contributed by atoms with Crippen LogP contribution in [-0.4, -0.2) is 58.6 Å². The molecule has 0 bridgehead atoms. The fraction of sp³-hybridized carbons (Fsp3) is 0.419. The molecule has 3 N–H and O–H groups in total. The zero-order valence-corrected chi connectivity index (χ0v) is 23.7. The lowest BCUT2D eigenvalue weighted by molar-refractivity contribution is -0.149. The molecule has 41 heavy (non-hydrogen) atoms. The summed E-state index contributed by atoms with van der Waals surface area (Å²) in [5.41, 5.74) is 9.50. The fourth-order valence-corrected chi connectivity index (χ4v) is 4.76. The van der Waals surface area contributed by atoms with Gasteiger partial charge in [0.25, 0.3) is 5.91 Å². The van der Waals surface area contributed by atoms with E-state index in [1.165, 1.54) is 0 Å². The van der Waals surface area contributed by atoms with E-state index in [4.69, 9.17) is 24.7 Å². The SMILES string of the molecule is Cc1oc(-c2ccc(C(=O)N3CCCC3)cc2)nc1CCOc1ccc(CCC(=O)O)c(C(N)C(=O)OC(C)C)c1. The number of amides is 1. The van der Waals surface area contributed by atoms with Crippen LogP contribution in [0.3, 0.4) is 0 Å². The summed E-state index contributed by atoms with van der Waals surface area (Å²) in [6, 6.07) is 11.3. The van der Waals surface area contributed by atoms with Gasteiger partial charge in [0.15, 0.2) is 0 Å². The molecule has 10 nitrogen and oxygen atoms in total. The molecule has 2 aromatic carbocycles. The molecular formula is C31H37N3O7. The first-order valence-electron chi connectivity index (χ1n) is 13.9. The maximum atomic E-state index is 12.6. The lowest BCUT2D eigenvalue weighted by atomic mass is 9.97. The van der Waals surface area contributed by atoms with Gasteiger partial charge >= 0.3 is 11.9 Å². The lowest BCUT2D eigenvalue weighted by Crippen LogP contribution is -2.27.